The fourth-order valence-electron chi connectivity index (χ4n) is 2.34. The van der Waals surface area contributed by atoms with E-state index in [0.29, 0.717) is 21.6 Å². The summed E-state index contributed by atoms with van der Waals surface area (Å²) in [5.41, 5.74) is 6.77. The highest BCUT2D eigenvalue weighted by atomic mass is 79.9. The Hall–Kier alpha value is -0.670. The Labute approximate surface area is 151 Å². The van der Waals surface area contributed by atoms with Crippen molar-refractivity contribution in [2.45, 2.75) is 37.6 Å². The second kappa shape index (κ2) is 7.94. The van der Waals surface area contributed by atoms with Crippen molar-refractivity contribution in [2.75, 3.05) is 11.9 Å². The molecule has 1 amide bonds. The third-order valence-corrected chi connectivity index (χ3v) is 5.90. The highest BCUT2D eigenvalue weighted by molar-refractivity contribution is 9.10. The van der Waals surface area contributed by atoms with Gasteiger partial charge in [-0.1, -0.05) is 0 Å². The van der Waals surface area contributed by atoms with E-state index in [1.165, 1.54) is 13.0 Å². The first-order valence-electron chi connectivity index (χ1n) is 7.04. The molecule has 6 nitrogen and oxygen atoms in total. The van der Waals surface area contributed by atoms with E-state index in [4.69, 9.17) is 5.73 Å². The molecule has 0 saturated heterocycles. The zero-order valence-corrected chi connectivity index (χ0v) is 16.1. The maximum absolute atomic E-state index is 12.6. The first-order valence-corrected chi connectivity index (χ1v) is 9.32. The molecule has 9 heteroatoms. The molecule has 1 fully saturated rings. The number of rotatable bonds is 6. The molecule has 1 atom stereocenters. The highest BCUT2D eigenvalue weighted by Gasteiger charge is 2.34. The summed E-state index contributed by atoms with van der Waals surface area (Å²) in [5, 5.41) is 2.65. The Morgan fingerprint density at radius 1 is 1.43 bits per heavy atom. The standard InChI is InChI=1S/C14H20BrN3O3S.ClH/c1-8-5-12(17-9(2)19)11(15)6-14(8)22(20,21)18-13(7-16)10-3-4-10;/h5-6,10,13,18H,3-4,7,16H2,1-2H3,(H,17,19);1H. The number of amides is 1. The molecule has 4 N–H and O–H groups in total. The summed E-state index contributed by atoms with van der Waals surface area (Å²) < 4.78 is 28.3. The third kappa shape index (κ3) is 5.15. The normalized spacial score (nSPS) is 15.7. The van der Waals surface area contributed by atoms with Crippen LogP contribution in [0.2, 0.25) is 0 Å². The predicted octanol–water partition coefficient (Wildman–Crippen LogP) is 2.15. The van der Waals surface area contributed by atoms with Crippen molar-refractivity contribution in [1.82, 2.24) is 4.72 Å². The Kier molecular flexibility index (Phi) is 7.03. The van der Waals surface area contributed by atoms with Crippen LogP contribution in [0.3, 0.4) is 0 Å². The first-order chi connectivity index (χ1) is 10.2. The van der Waals surface area contributed by atoms with Crippen molar-refractivity contribution < 1.29 is 13.2 Å². The van der Waals surface area contributed by atoms with Crippen molar-refractivity contribution in [3.05, 3.63) is 22.2 Å². The molecule has 1 aromatic rings. The van der Waals surface area contributed by atoms with Gasteiger partial charge in [0, 0.05) is 24.0 Å². The van der Waals surface area contributed by atoms with Crippen LogP contribution < -0.4 is 15.8 Å². The molecule has 1 aliphatic rings. The molecular formula is C14H21BrClN3O3S. The molecule has 0 spiro atoms. The van der Waals surface area contributed by atoms with Crippen molar-refractivity contribution >= 4 is 50.0 Å². The fraction of sp³-hybridized carbons (Fsp3) is 0.500. The number of benzene rings is 1. The number of sulfonamides is 1. The molecule has 1 aliphatic carbocycles. The lowest BCUT2D eigenvalue weighted by molar-refractivity contribution is -0.114. The van der Waals surface area contributed by atoms with Crippen LogP contribution in [-0.4, -0.2) is 26.9 Å². The van der Waals surface area contributed by atoms with Crippen molar-refractivity contribution in [3.63, 3.8) is 0 Å². The van der Waals surface area contributed by atoms with Crippen molar-refractivity contribution in [2.24, 2.45) is 11.7 Å². The van der Waals surface area contributed by atoms with Crippen LogP contribution in [-0.2, 0) is 14.8 Å². The van der Waals surface area contributed by atoms with Crippen LogP contribution in [0, 0.1) is 12.8 Å². The van der Waals surface area contributed by atoms with E-state index in [2.05, 4.69) is 26.0 Å². The first kappa shape index (κ1) is 20.4. The number of hydrogen-bond donors (Lipinski definition) is 3. The van der Waals surface area contributed by atoms with E-state index in [1.807, 2.05) is 0 Å². The minimum absolute atomic E-state index is 0. The molecule has 23 heavy (non-hydrogen) atoms. The second-order valence-electron chi connectivity index (χ2n) is 5.58. The van der Waals surface area contributed by atoms with E-state index in [0.717, 1.165) is 12.8 Å². The lowest BCUT2D eigenvalue weighted by Gasteiger charge is -2.18. The average molecular weight is 427 g/mol. The zero-order valence-electron chi connectivity index (χ0n) is 12.9. The summed E-state index contributed by atoms with van der Waals surface area (Å²) in [6, 6.07) is 2.91. The quantitative estimate of drug-likeness (QED) is 0.648. The Morgan fingerprint density at radius 3 is 2.52 bits per heavy atom. The monoisotopic (exact) mass is 425 g/mol. The smallest absolute Gasteiger partial charge is 0.241 e. The summed E-state index contributed by atoms with van der Waals surface area (Å²) in [4.78, 5) is 11.3. The predicted molar refractivity (Wildman–Crippen MR) is 96.3 cm³/mol. The van der Waals surface area contributed by atoms with Gasteiger partial charge >= 0.3 is 0 Å². The summed E-state index contributed by atoms with van der Waals surface area (Å²) in [5.74, 6) is 0.118. The lowest BCUT2D eigenvalue weighted by Crippen LogP contribution is -2.41. The van der Waals surface area contributed by atoms with E-state index in [-0.39, 0.29) is 35.8 Å². The molecule has 1 unspecified atom stereocenters. The molecule has 1 saturated carbocycles. The molecule has 130 valence electrons. The van der Waals surface area contributed by atoms with Gasteiger partial charge in [0.2, 0.25) is 15.9 Å². The minimum Gasteiger partial charge on any atom is -0.329 e. The van der Waals surface area contributed by atoms with E-state index < -0.39 is 10.0 Å². The number of carbonyl (C=O) groups excluding carboxylic acids is 1. The number of aryl methyl sites for hydroxylation is 1. The van der Waals surface area contributed by atoms with Gasteiger partial charge in [-0.15, -0.1) is 12.4 Å². The molecule has 0 radical (unpaired) electrons. The van der Waals surface area contributed by atoms with Gasteiger partial charge in [0.1, 0.15) is 0 Å². The third-order valence-electron chi connectivity index (χ3n) is 3.62. The topological polar surface area (TPSA) is 101 Å². The van der Waals surface area contributed by atoms with Gasteiger partial charge in [-0.2, -0.15) is 0 Å². The van der Waals surface area contributed by atoms with Gasteiger partial charge in [0.25, 0.3) is 0 Å². The summed E-state index contributed by atoms with van der Waals surface area (Å²) >= 11 is 3.30. The van der Waals surface area contributed by atoms with Gasteiger partial charge < -0.3 is 11.1 Å². The average Bonchev–Trinajstić information content (AvgIpc) is 3.23. The summed E-state index contributed by atoms with van der Waals surface area (Å²) in [6.07, 6.45) is 2.02. The van der Waals surface area contributed by atoms with Crippen LogP contribution in [0.1, 0.15) is 25.3 Å². The van der Waals surface area contributed by atoms with Crippen LogP contribution in [0.4, 0.5) is 5.69 Å². The number of nitrogens with one attached hydrogen (secondary N) is 2. The van der Waals surface area contributed by atoms with E-state index in [9.17, 15) is 13.2 Å². The van der Waals surface area contributed by atoms with Crippen LogP contribution in [0.15, 0.2) is 21.5 Å². The molecular weight excluding hydrogens is 406 g/mol. The van der Waals surface area contributed by atoms with Gasteiger partial charge in [-0.25, -0.2) is 13.1 Å². The summed E-state index contributed by atoms with van der Waals surface area (Å²) in [7, 11) is -3.65. The minimum atomic E-state index is -3.65. The van der Waals surface area contributed by atoms with Gasteiger partial charge in [-0.05, 0) is 59.3 Å². The number of hydrogen-bond acceptors (Lipinski definition) is 4. The molecule has 0 heterocycles. The van der Waals surface area contributed by atoms with Crippen LogP contribution >= 0.6 is 28.3 Å². The number of halogens is 2. The van der Waals surface area contributed by atoms with E-state index in [1.54, 1.807) is 13.0 Å². The number of nitrogens with two attached hydrogens (primary N) is 1. The summed E-state index contributed by atoms with van der Waals surface area (Å²) in [6.45, 7) is 3.38. The molecule has 2 rings (SSSR count). The van der Waals surface area contributed by atoms with Gasteiger partial charge in [-0.3, -0.25) is 4.79 Å². The van der Waals surface area contributed by atoms with Crippen LogP contribution in [0.5, 0.6) is 0 Å². The maximum Gasteiger partial charge on any atom is 0.241 e. The molecule has 0 bridgehead atoms. The van der Waals surface area contributed by atoms with Crippen LogP contribution in [0.25, 0.3) is 0 Å². The highest BCUT2D eigenvalue weighted by Crippen LogP contribution is 2.34. The lowest BCUT2D eigenvalue weighted by atomic mass is 10.2. The molecule has 0 aromatic heterocycles. The van der Waals surface area contributed by atoms with Crippen molar-refractivity contribution in [1.29, 1.82) is 0 Å². The Balaban J connectivity index is 0.00000264. The van der Waals surface area contributed by atoms with Gasteiger partial charge in [0.05, 0.1) is 10.6 Å². The number of carbonyl (C=O) groups is 1. The molecule has 0 aliphatic heterocycles. The number of anilines is 1. The van der Waals surface area contributed by atoms with E-state index >= 15 is 0 Å². The largest absolute Gasteiger partial charge is 0.329 e. The fourth-order valence-corrected chi connectivity index (χ4v) is 4.50. The van der Waals surface area contributed by atoms with Gasteiger partial charge in [0.15, 0.2) is 0 Å². The van der Waals surface area contributed by atoms with Crippen molar-refractivity contribution in [3.8, 4) is 0 Å². The Morgan fingerprint density at radius 2 is 2.04 bits per heavy atom. The zero-order chi connectivity index (χ0) is 16.5. The Bertz CT molecular complexity index is 693. The second-order valence-corrected chi connectivity index (χ2v) is 8.12. The SMILES string of the molecule is CC(=O)Nc1cc(C)c(S(=O)(=O)NC(CN)C2CC2)cc1Br.Cl. The maximum atomic E-state index is 12.6. The molecule has 1 aromatic carbocycles.